The summed E-state index contributed by atoms with van der Waals surface area (Å²) in [7, 11) is 0. The second-order valence-corrected chi connectivity index (χ2v) is 6.22. The number of aromatic hydroxyl groups is 1. The Labute approximate surface area is 139 Å². The van der Waals surface area contributed by atoms with E-state index in [1.807, 2.05) is 0 Å². The molecule has 0 unspecified atom stereocenters. The zero-order chi connectivity index (χ0) is 17.4. The highest BCUT2D eigenvalue weighted by molar-refractivity contribution is 7.17. The lowest BCUT2D eigenvalue weighted by atomic mass is 10.2. The number of nitrogens with zero attached hydrogens (tertiary/aromatic N) is 2. The van der Waals surface area contributed by atoms with Crippen LogP contribution < -0.4 is 0 Å². The van der Waals surface area contributed by atoms with Gasteiger partial charge in [-0.15, -0.1) is 11.3 Å². The molecule has 0 spiro atoms. The van der Waals surface area contributed by atoms with E-state index in [4.69, 9.17) is 4.74 Å². The molecular weight excluding hydrogens is 345 g/mol. The first-order valence-electron chi connectivity index (χ1n) is 7.11. The molecule has 1 aliphatic rings. The SMILES string of the molecule is Cc1nc(-c2cc(F)c(F)c(O)c2F)sc1C(=O)N1CCOCC1. The molecule has 1 fully saturated rings. The van der Waals surface area contributed by atoms with E-state index in [1.165, 1.54) is 0 Å². The number of hydrogen-bond donors (Lipinski definition) is 1. The van der Waals surface area contributed by atoms with E-state index >= 15 is 0 Å². The molecule has 1 N–H and O–H groups in total. The summed E-state index contributed by atoms with van der Waals surface area (Å²) in [5.74, 6) is -6.04. The van der Waals surface area contributed by atoms with Crippen LogP contribution in [0.3, 0.4) is 0 Å². The lowest BCUT2D eigenvalue weighted by Gasteiger charge is -2.26. The summed E-state index contributed by atoms with van der Waals surface area (Å²) in [6.07, 6.45) is 0. The molecule has 0 saturated carbocycles. The Morgan fingerprint density at radius 3 is 2.62 bits per heavy atom. The number of morpholine rings is 1. The number of thiazole rings is 1. The number of hydrogen-bond acceptors (Lipinski definition) is 5. The molecular formula is C15H13F3N2O3S. The van der Waals surface area contributed by atoms with Crippen LogP contribution in [0.25, 0.3) is 10.6 Å². The predicted molar refractivity (Wildman–Crippen MR) is 80.5 cm³/mol. The smallest absolute Gasteiger partial charge is 0.266 e. The van der Waals surface area contributed by atoms with Gasteiger partial charge in [0.2, 0.25) is 5.82 Å². The lowest BCUT2D eigenvalue weighted by Crippen LogP contribution is -2.40. The van der Waals surface area contributed by atoms with Gasteiger partial charge in [-0.3, -0.25) is 4.79 Å². The summed E-state index contributed by atoms with van der Waals surface area (Å²) in [4.78, 5) is 18.4. The summed E-state index contributed by atoms with van der Waals surface area (Å²) in [6.45, 7) is 3.31. The van der Waals surface area contributed by atoms with E-state index in [-0.39, 0.29) is 21.4 Å². The third-order valence-corrected chi connectivity index (χ3v) is 4.83. The minimum Gasteiger partial charge on any atom is -0.503 e. The number of halogens is 3. The van der Waals surface area contributed by atoms with Crippen molar-refractivity contribution in [1.82, 2.24) is 9.88 Å². The van der Waals surface area contributed by atoms with Gasteiger partial charge in [0.05, 0.1) is 24.5 Å². The highest BCUT2D eigenvalue weighted by Crippen LogP contribution is 2.36. The van der Waals surface area contributed by atoms with E-state index in [0.717, 1.165) is 11.3 Å². The van der Waals surface area contributed by atoms with Gasteiger partial charge in [-0.05, 0) is 13.0 Å². The van der Waals surface area contributed by atoms with Crippen LogP contribution in [0.1, 0.15) is 15.4 Å². The molecule has 1 saturated heterocycles. The molecule has 0 aliphatic carbocycles. The number of aromatic nitrogens is 1. The normalized spacial score (nSPS) is 14.9. The monoisotopic (exact) mass is 358 g/mol. The minimum absolute atomic E-state index is 0.00388. The van der Waals surface area contributed by atoms with Gasteiger partial charge in [0.1, 0.15) is 9.88 Å². The summed E-state index contributed by atoms with van der Waals surface area (Å²) in [6, 6.07) is 0.617. The first kappa shape index (κ1) is 16.7. The zero-order valence-corrected chi connectivity index (χ0v) is 13.4. The van der Waals surface area contributed by atoms with Crippen molar-refractivity contribution in [3.05, 3.63) is 34.1 Å². The highest BCUT2D eigenvalue weighted by Gasteiger charge is 2.26. The number of benzene rings is 1. The molecule has 2 aromatic rings. The van der Waals surface area contributed by atoms with E-state index in [2.05, 4.69) is 4.98 Å². The van der Waals surface area contributed by atoms with Crippen molar-refractivity contribution in [1.29, 1.82) is 0 Å². The summed E-state index contributed by atoms with van der Waals surface area (Å²) in [5, 5.41) is 9.31. The maximum atomic E-state index is 14.0. The van der Waals surface area contributed by atoms with Gasteiger partial charge in [0.15, 0.2) is 17.4 Å². The van der Waals surface area contributed by atoms with Crippen LogP contribution in [0.2, 0.25) is 0 Å². The number of aryl methyl sites for hydroxylation is 1. The summed E-state index contributed by atoms with van der Waals surface area (Å²) < 4.78 is 45.8. The fraction of sp³-hybridized carbons (Fsp3) is 0.333. The van der Waals surface area contributed by atoms with Gasteiger partial charge in [0, 0.05) is 13.1 Å². The molecule has 1 aliphatic heterocycles. The molecule has 1 aromatic carbocycles. The molecule has 1 amide bonds. The molecule has 24 heavy (non-hydrogen) atoms. The quantitative estimate of drug-likeness (QED) is 0.839. The second kappa shape index (κ2) is 6.40. The fourth-order valence-corrected chi connectivity index (χ4v) is 3.41. The van der Waals surface area contributed by atoms with Gasteiger partial charge in [-0.25, -0.2) is 13.8 Å². The number of amides is 1. The van der Waals surface area contributed by atoms with Crippen molar-refractivity contribution in [3.8, 4) is 16.3 Å². The summed E-state index contributed by atoms with van der Waals surface area (Å²) >= 11 is 0.868. The molecule has 9 heteroatoms. The number of rotatable bonds is 2. The van der Waals surface area contributed by atoms with Crippen LogP contribution in [0.4, 0.5) is 13.2 Å². The molecule has 2 heterocycles. The molecule has 3 rings (SSSR count). The van der Waals surface area contributed by atoms with E-state index in [0.29, 0.717) is 38.1 Å². The Hall–Kier alpha value is -2.13. The third kappa shape index (κ3) is 2.84. The van der Waals surface area contributed by atoms with Gasteiger partial charge in [-0.2, -0.15) is 4.39 Å². The van der Waals surface area contributed by atoms with Gasteiger partial charge < -0.3 is 14.7 Å². The van der Waals surface area contributed by atoms with E-state index in [1.54, 1.807) is 11.8 Å². The maximum Gasteiger partial charge on any atom is 0.266 e. The van der Waals surface area contributed by atoms with Crippen LogP contribution in [0, 0.1) is 24.4 Å². The number of phenols is 1. The minimum atomic E-state index is -1.66. The Bertz CT molecular complexity index is 804. The Morgan fingerprint density at radius 1 is 1.29 bits per heavy atom. The van der Waals surface area contributed by atoms with Gasteiger partial charge >= 0.3 is 0 Å². The summed E-state index contributed by atoms with van der Waals surface area (Å²) in [5.41, 5.74) is -0.0318. The van der Waals surface area contributed by atoms with Gasteiger partial charge in [-0.1, -0.05) is 0 Å². The maximum absolute atomic E-state index is 14.0. The molecule has 5 nitrogen and oxygen atoms in total. The fourth-order valence-electron chi connectivity index (χ4n) is 2.37. The van der Waals surface area contributed by atoms with Gasteiger partial charge in [0.25, 0.3) is 5.91 Å². The van der Waals surface area contributed by atoms with Crippen molar-refractivity contribution >= 4 is 17.2 Å². The number of phenolic OH excluding ortho intramolecular Hbond substituents is 1. The number of carbonyl (C=O) groups excluding carboxylic acids is 1. The predicted octanol–water partition coefficient (Wildman–Crippen LogP) is 2.71. The van der Waals surface area contributed by atoms with Crippen molar-refractivity contribution in [2.24, 2.45) is 0 Å². The van der Waals surface area contributed by atoms with E-state index in [9.17, 15) is 23.1 Å². The zero-order valence-electron chi connectivity index (χ0n) is 12.6. The largest absolute Gasteiger partial charge is 0.503 e. The van der Waals surface area contributed by atoms with Crippen LogP contribution in [-0.2, 0) is 4.74 Å². The second-order valence-electron chi connectivity index (χ2n) is 5.22. The third-order valence-electron chi connectivity index (χ3n) is 3.65. The van der Waals surface area contributed by atoms with Crippen LogP contribution in [0.5, 0.6) is 5.75 Å². The average Bonchev–Trinajstić information content (AvgIpc) is 2.98. The van der Waals surface area contributed by atoms with Crippen molar-refractivity contribution < 1.29 is 27.8 Å². The average molecular weight is 358 g/mol. The first-order chi connectivity index (χ1) is 11.4. The Kier molecular flexibility index (Phi) is 4.46. The Morgan fingerprint density at radius 2 is 1.96 bits per heavy atom. The molecule has 0 bridgehead atoms. The molecule has 0 radical (unpaired) electrons. The van der Waals surface area contributed by atoms with E-state index < -0.39 is 23.2 Å². The van der Waals surface area contributed by atoms with Crippen LogP contribution >= 0.6 is 11.3 Å². The highest BCUT2D eigenvalue weighted by atomic mass is 32.1. The number of ether oxygens (including phenoxy) is 1. The molecule has 1 aromatic heterocycles. The number of carbonyl (C=O) groups is 1. The van der Waals surface area contributed by atoms with Crippen molar-refractivity contribution in [2.75, 3.05) is 26.3 Å². The van der Waals surface area contributed by atoms with Crippen LogP contribution in [0.15, 0.2) is 6.07 Å². The lowest BCUT2D eigenvalue weighted by molar-refractivity contribution is 0.0305. The first-order valence-corrected chi connectivity index (χ1v) is 7.93. The topological polar surface area (TPSA) is 62.7 Å². The standard InChI is InChI=1S/C15H13F3N2O3S/c1-7-13(15(22)20-2-4-23-5-3-20)24-14(19-7)8-6-9(16)11(18)12(21)10(8)17/h6,21H,2-5H2,1H3. The van der Waals surface area contributed by atoms with Crippen molar-refractivity contribution in [2.45, 2.75) is 6.92 Å². The Balaban J connectivity index is 1.99. The molecule has 128 valence electrons. The molecule has 0 atom stereocenters. The van der Waals surface area contributed by atoms with Crippen molar-refractivity contribution in [3.63, 3.8) is 0 Å². The van der Waals surface area contributed by atoms with Crippen LogP contribution in [-0.4, -0.2) is 47.2 Å².